The number of guanidine groups is 1. The van der Waals surface area contributed by atoms with Crippen molar-refractivity contribution in [1.29, 1.82) is 0 Å². The van der Waals surface area contributed by atoms with E-state index in [-0.39, 0.29) is 5.91 Å². The number of carbonyl (C=O) groups excluding carboxylic acids is 1. The highest BCUT2D eigenvalue weighted by atomic mass is 16.5. The van der Waals surface area contributed by atoms with Gasteiger partial charge in [0.1, 0.15) is 5.75 Å². The Balaban J connectivity index is 1.77. The summed E-state index contributed by atoms with van der Waals surface area (Å²) in [4.78, 5) is 18.5. The molecule has 0 heterocycles. The fourth-order valence-electron chi connectivity index (χ4n) is 2.53. The van der Waals surface area contributed by atoms with Crippen molar-refractivity contribution in [2.75, 3.05) is 34.3 Å². The molecule has 0 aliphatic heterocycles. The van der Waals surface area contributed by atoms with E-state index in [1.54, 1.807) is 32.4 Å². The van der Waals surface area contributed by atoms with Gasteiger partial charge in [-0.2, -0.15) is 0 Å². The Labute approximate surface area is 154 Å². The van der Waals surface area contributed by atoms with Crippen molar-refractivity contribution in [2.24, 2.45) is 4.99 Å². The third-order valence-corrected chi connectivity index (χ3v) is 3.86. The zero-order chi connectivity index (χ0) is 18.8. The van der Waals surface area contributed by atoms with Crippen LogP contribution in [0.1, 0.15) is 15.9 Å². The number of ether oxygens (including phenoxy) is 1. The number of amides is 1. The number of nitrogens with zero attached hydrogens (tertiary/aromatic N) is 2. The van der Waals surface area contributed by atoms with Gasteiger partial charge in [0, 0.05) is 39.3 Å². The molecule has 2 N–H and O–H groups in total. The van der Waals surface area contributed by atoms with Crippen LogP contribution in [0.25, 0.3) is 0 Å². The van der Waals surface area contributed by atoms with E-state index in [2.05, 4.69) is 27.8 Å². The second kappa shape index (κ2) is 10.1. The Kier molecular flexibility index (Phi) is 7.49. The monoisotopic (exact) mass is 354 g/mol. The highest BCUT2D eigenvalue weighted by Gasteiger charge is 2.08. The molecule has 1 amide bonds. The summed E-state index contributed by atoms with van der Waals surface area (Å²) in [6, 6.07) is 17.3. The first kappa shape index (κ1) is 19.3. The van der Waals surface area contributed by atoms with Crippen LogP contribution in [0.5, 0.6) is 5.75 Å². The molecule has 0 aliphatic carbocycles. The molecule has 0 saturated carbocycles. The normalized spacial score (nSPS) is 11.0. The van der Waals surface area contributed by atoms with E-state index in [9.17, 15) is 4.79 Å². The molecular weight excluding hydrogens is 328 g/mol. The molecule has 138 valence electrons. The second-order valence-corrected chi connectivity index (χ2v) is 5.80. The number of rotatable bonds is 7. The van der Waals surface area contributed by atoms with Gasteiger partial charge in [0.25, 0.3) is 5.91 Å². The van der Waals surface area contributed by atoms with Gasteiger partial charge < -0.3 is 20.3 Å². The molecule has 2 rings (SSSR count). The summed E-state index contributed by atoms with van der Waals surface area (Å²) in [6.07, 6.45) is 0. The van der Waals surface area contributed by atoms with Gasteiger partial charge in [0.15, 0.2) is 5.96 Å². The minimum Gasteiger partial charge on any atom is -0.497 e. The fourth-order valence-corrected chi connectivity index (χ4v) is 2.53. The lowest BCUT2D eigenvalue weighted by molar-refractivity contribution is 0.0954. The third kappa shape index (κ3) is 5.81. The number of carbonyl (C=O) groups is 1. The van der Waals surface area contributed by atoms with E-state index in [4.69, 9.17) is 4.74 Å². The maximum atomic E-state index is 12.2. The molecule has 0 atom stereocenters. The van der Waals surface area contributed by atoms with Crippen molar-refractivity contribution in [3.63, 3.8) is 0 Å². The molecule has 0 saturated heterocycles. The van der Waals surface area contributed by atoms with E-state index in [1.807, 2.05) is 36.2 Å². The molecule has 6 heteroatoms. The summed E-state index contributed by atoms with van der Waals surface area (Å²) < 4.78 is 5.14. The number of hydrogen-bond donors (Lipinski definition) is 2. The quantitative estimate of drug-likeness (QED) is 0.454. The van der Waals surface area contributed by atoms with Crippen LogP contribution in [0.3, 0.4) is 0 Å². The summed E-state index contributed by atoms with van der Waals surface area (Å²) in [6.45, 7) is 1.84. The van der Waals surface area contributed by atoms with Crippen molar-refractivity contribution >= 4 is 11.9 Å². The Morgan fingerprint density at radius 3 is 2.50 bits per heavy atom. The number of nitrogens with one attached hydrogen (secondary N) is 2. The average molecular weight is 354 g/mol. The molecule has 0 aromatic heterocycles. The van der Waals surface area contributed by atoms with Gasteiger partial charge >= 0.3 is 0 Å². The highest BCUT2D eigenvalue weighted by Crippen LogP contribution is 2.12. The second-order valence-electron chi connectivity index (χ2n) is 5.80. The molecule has 2 aromatic rings. The number of benzene rings is 2. The molecule has 0 aliphatic rings. The Morgan fingerprint density at radius 2 is 1.81 bits per heavy atom. The number of aliphatic imine (C=N–C) groups is 1. The average Bonchev–Trinajstić information content (AvgIpc) is 2.68. The van der Waals surface area contributed by atoms with Crippen LogP contribution in [-0.2, 0) is 6.54 Å². The Hall–Kier alpha value is -3.02. The van der Waals surface area contributed by atoms with Crippen LogP contribution < -0.4 is 15.4 Å². The van der Waals surface area contributed by atoms with E-state index < -0.39 is 0 Å². The van der Waals surface area contributed by atoms with Gasteiger partial charge in [0.05, 0.1) is 7.11 Å². The van der Waals surface area contributed by atoms with Gasteiger partial charge in [-0.3, -0.25) is 9.79 Å². The molecule has 0 radical (unpaired) electrons. The number of hydrogen-bond acceptors (Lipinski definition) is 3. The summed E-state index contributed by atoms with van der Waals surface area (Å²) in [5.41, 5.74) is 1.79. The first-order valence-corrected chi connectivity index (χ1v) is 8.52. The maximum absolute atomic E-state index is 12.2. The van der Waals surface area contributed by atoms with Crippen LogP contribution in [0.4, 0.5) is 0 Å². The van der Waals surface area contributed by atoms with Crippen molar-refractivity contribution in [3.8, 4) is 5.75 Å². The van der Waals surface area contributed by atoms with Crippen molar-refractivity contribution < 1.29 is 9.53 Å². The van der Waals surface area contributed by atoms with Crippen LogP contribution in [0.15, 0.2) is 59.6 Å². The summed E-state index contributed by atoms with van der Waals surface area (Å²) in [5, 5.41) is 6.14. The fraction of sp³-hybridized carbons (Fsp3) is 0.300. The maximum Gasteiger partial charge on any atom is 0.251 e. The minimum atomic E-state index is -0.127. The molecule has 26 heavy (non-hydrogen) atoms. The summed E-state index contributed by atoms with van der Waals surface area (Å²) in [5.74, 6) is 1.32. The Bertz CT molecular complexity index is 732. The lowest BCUT2D eigenvalue weighted by atomic mass is 10.2. The van der Waals surface area contributed by atoms with E-state index >= 15 is 0 Å². The molecule has 0 unspecified atom stereocenters. The topological polar surface area (TPSA) is 66.0 Å². The van der Waals surface area contributed by atoms with Crippen LogP contribution in [0, 0.1) is 0 Å². The summed E-state index contributed by atoms with van der Waals surface area (Å²) >= 11 is 0. The van der Waals surface area contributed by atoms with Gasteiger partial charge in [-0.25, -0.2) is 0 Å². The lowest BCUT2D eigenvalue weighted by Crippen LogP contribution is -2.42. The first-order valence-electron chi connectivity index (χ1n) is 8.52. The molecule has 0 bridgehead atoms. The number of methoxy groups -OCH3 is 1. The van der Waals surface area contributed by atoms with Crippen LogP contribution in [0.2, 0.25) is 0 Å². The summed E-state index contributed by atoms with van der Waals surface area (Å²) in [7, 11) is 5.31. The van der Waals surface area contributed by atoms with Crippen LogP contribution in [-0.4, -0.2) is 51.1 Å². The SMILES string of the molecule is CN=C(NCCNC(=O)c1cccc(OC)c1)N(C)Cc1ccccc1. The standard InChI is InChI=1S/C20H26N4O2/c1-21-20(24(2)15-16-8-5-4-6-9-16)23-13-12-22-19(25)17-10-7-11-18(14-17)26-3/h4-11,14H,12-13,15H2,1-3H3,(H,21,23)(H,22,25). The van der Waals surface area contributed by atoms with Gasteiger partial charge in [-0.15, -0.1) is 0 Å². The minimum absolute atomic E-state index is 0.127. The van der Waals surface area contributed by atoms with Gasteiger partial charge in [0.2, 0.25) is 0 Å². The third-order valence-electron chi connectivity index (χ3n) is 3.86. The largest absolute Gasteiger partial charge is 0.497 e. The first-order chi connectivity index (χ1) is 12.6. The molecule has 2 aromatic carbocycles. The van der Waals surface area contributed by atoms with Crippen molar-refractivity contribution in [3.05, 3.63) is 65.7 Å². The van der Waals surface area contributed by atoms with E-state index in [0.717, 1.165) is 12.5 Å². The van der Waals surface area contributed by atoms with Crippen LogP contribution >= 0.6 is 0 Å². The van der Waals surface area contributed by atoms with Gasteiger partial charge in [-0.1, -0.05) is 36.4 Å². The van der Waals surface area contributed by atoms with E-state index in [0.29, 0.717) is 24.4 Å². The predicted octanol–water partition coefficient (Wildman–Crippen LogP) is 2.13. The molecular formula is C20H26N4O2. The lowest BCUT2D eigenvalue weighted by Gasteiger charge is -2.22. The molecule has 0 spiro atoms. The van der Waals surface area contributed by atoms with Crippen molar-refractivity contribution in [1.82, 2.24) is 15.5 Å². The zero-order valence-corrected chi connectivity index (χ0v) is 15.5. The predicted molar refractivity (Wildman–Crippen MR) is 105 cm³/mol. The smallest absolute Gasteiger partial charge is 0.251 e. The highest BCUT2D eigenvalue weighted by molar-refractivity contribution is 5.94. The van der Waals surface area contributed by atoms with E-state index in [1.165, 1.54) is 5.56 Å². The molecule has 6 nitrogen and oxygen atoms in total. The van der Waals surface area contributed by atoms with Crippen molar-refractivity contribution in [2.45, 2.75) is 6.54 Å². The van der Waals surface area contributed by atoms with Gasteiger partial charge in [-0.05, 0) is 23.8 Å². The zero-order valence-electron chi connectivity index (χ0n) is 15.5. The Morgan fingerprint density at radius 1 is 1.08 bits per heavy atom. The molecule has 0 fully saturated rings.